The molecule has 0 saturated heterocycles. The molecule has 3 rings (SSSR count). The number of allylic oxidation sites excluding steroid dienone is 2. The fraction of sp³-hybridized carbons (Fsp3) is 0.524. The Morgan fingerprint density at radius 1 is 1.07 bits per heavy atom. The first-order valence-corrected chi connectivity index (χ1v) is 9.17. The molecular weight excluding hydrogens is 344 g/mol. The van der Waals surface area contributed by atoms with Gasteiger partial charge in [-0.1, -0.05) is 19.9 Å². The molecule has 27 heavy (non-hydrogen) atoms. The molecule has 1 atom stereocenters. The molecule has 6 heteroatoms. The molecule has 2 aliphatic rings. The maximum atomic E-state index is 13.1. The monoisotopic (exact) mass is 372 g/mol. The maximum absolute atomic E-state index is 13.1. The largest absolute Gasteiger partial charge is 0.493 e. The van der Waals surface area contributed by atoms with Crippen LogP contribution in [-0.4, -0.2) is 50.0 Å². The molecule has 1 amide bonds. The van der Waals surface area contributed by atoms with Crippen molar-refractivity contribution in [3.05, 3.63) is 35.0 Å². The molecule has 1 aliphatic heterocycles. The third-order valence-electron chi connectivity index (χ3n) is 5.33. The Kier molecular flexibility index (Phi) is 5.04. The molecule has 146 valence electrons. The van der Waals surface area contributed by atoms with Crippen LogP contribution in [0.5, 0.6) is 11.5 Å². The highest BCUT2D eigenvalue weighted by molar-refractivity contribution is 6.02. The number of rotatable bonds is 4. The molecular formula is C21H28N2O4. The van der Waals surface area contributed by atoms with Crippen LogP contribution in [0.1, 0.15) is 44.6 Å². The van der Waals surface area contributed by atoms with Crippen molar-refractivity contribution in [1.29, 1.82) is 0 Å². The zero-order valence-corrected chi connectivity index (χ0v) is 17.0. The highest BCUT2D eigenvalue weighted by Crippen LogP contribution is 2.47. The van der Waals surface area contributed by atoms with Gasteiger partial charge in [0.2, 0.25) is 5.91 Å². The van der Waals surface area contributed by atoms with E-state index in [0.717, 1.165) is 16.8 Å². The highest BCUT2D eigenvalue weighted by atomic mass is 16.5. The van der Waals surface area contributed by atoms with Gasteiger partial charge in [0, 0.05) is 44.1 Å². The third-order valence-corrected chi connectivity index (χ3v) is 5.33. The van der Waals surface area contributed by atoms with Crippen LogP contribution in [-0.2, 0) is 9.59 Å². The maximum Gasteiger partial charge on any atom is 0.242 e. The van der Waals surface area contributed by atoms with Gasteiger partial charge >= 0.3 is 0 Å². The Bertz CT molecular complexity index is 810. The number of carbonyl (C=O) groups is 2. The highest BCUT2D eigenvalue weighted by Gasteiger charge is 2.44. The molecule has 1 unspecified atom stereocenters. The van der Waals surface area contributed by atoms with E-state index in [9.17, 15) is 9.59 Å². The second-order valence-corrected chi connectivity index (χ2v) is 8.23. The van der Waals surface area contributed by atoms with Gasteiger partial charge in [-0.15, -0.1) is 0 Å². The molecule has 0 aromatic heterocycles. The summed E-state index contributed by atoms with van der Waals surface area (Å²) in [5.41, 5.74) is 2.33. The van der Waals surface area contributed by atoms with E-state index in [4.69, 9.17) is 9.47 Å². The topological polar surface area (TPSA) is 59.1 Å². The Morgan fingerprint density at radius 3 is 2.33 bits per heavy atom. The lowest BCUT2D eigenvalue weighted by atomic mass is 9.69. The summed E-state index contributed by atoms with van der Waals surface area (Å²) in [7, 11) is 6.85. The summed E-state index contributed by atoms with van der Waals surface area (Å²) in [6.07, 6.45) is 1.45. The van der Waals surface area contributed by atoms with Crippen LogP contribution in [0.4, 0.5) is 0 Å². The molecule has 1 aromatic carbocycles. The zero-order chi connectivity index (χ0) is 19.9. The normalized spacial score (nSPS) is 22.2. The lowest BCUT2D eigenvalue weighted by Crippen LogP contribution is -2.49. The number of nitrogens with zero attached hydrogens (tertiary/aromatic N) is 2. The number of hydrazine groups is 1. The molecule has 1 aromatic rings. The van der Waals surface area contributed by atoms with Crippen molar-refractivity contribution in [1.82, 2.24) is 10.0 Å². The number of amides is 1. The van der Waals surface area contributed by atoms with E-state index in [0.29, 0.717) is 24.3 Å². The minimum Gasteiger partial charge on any atom is -0.493 e. The number of methoxy groups -OCH3 is 2. The Morgan fingerprint density at radius 2 is 1.74 bits per heavy atom. The minimum absolute atomic E-state index is 0.00374. The average Bonchev–Trinajstić information content (AvgIpc) is 2.58. The second-order valence-electron chi connectivity index (χ2n) is 8.23. The van der Waals surface area contributed by atoms with E-state index in [1.54, 1.807) is 24.2 Å². The van der Waals surface area contributed by atoms with E-state index in [2.05, 4.69) is 13.8 Å². The SMILES string of the molecule is COc1ccc(C2CC(=O)N(N(C)C)C3=C2C(=O)CC(C)(C)C3)cc1OC. The van der Waals surface area contributed by atoms with E-state index in [-0.39, 0.29) is 29.4 Å². The van der Waals surface area contributed by atoms with E-state index in [1.807, 2.05) is 32.3 Å². The first-order valence-electron chi connectivity index (χ1n) is 9.17. The van der Waals surface area contributed by atoms with Crippen LogP contribution < -0.4 is 9.47 Å². The van der Waals surface area contributed by atoms with Crippen molar-refractivity contribution in [2.75, 3.05) is 28.3 Å². The summed E-state index contributed by atoms with van der Waals surface area (Å²) < 4.78 is 10.7. The first-order chi connectivity index (χ1) is 12.7. The van der Waals surface area contributed by atoms with E-state index in [1.165, 1.54) is 0 Å². The number of ether oxygens (including phenoxy) is 2. The lowest BCUT2D eigenvalue weighted by molar-refractivity contribution is -0.143. The number of ketones is 1. The van der Waals surface area contributed by atoms with Gasteiger partial charge in [0.05, 0.1) is 14.2 Å². The van der Waals surface area contributed by atoms with Gasteiger partial charge in [-0.05, 0) is 29.5 Å². The fourth-order valence-corrected chi connectivity index (χ4v) is 4.22. The van der Waals surface area contributed by atoms with Crippen LogP contribution in [0, 0.1) is 5.41 Å². The molecule has 0 spiro atoms. The summed E-state index contributed by atoms with van der Waals surface area (Å²) in [5, 5.41) is 3.45. The molecule has 6 nitrogen and oxygen atoms in total. The van der Waals surface area contributed by atoms with Crippen molar-refractivity contribution < 1.29 is 19.1 Å². The number of hydrogen-bond acceptors (Lipinski definition) is 5. The number of Topliss-reactive ketones (excluding diaryl/α,β-unsaturated/α-hetero) is 1. The summed E-state index contributed by atoms with van der Waals surface area (Å²) in [6.45, 7) is 4.15. The van der Waals surface area contributed by atoms with Gasteiger partial charge < -0.3 is 9.47 Å². The second kappa shape index (κ2) is 7.00. The molecule has 0 fully saturated rings. The summed E-state index contributed by atoms with van der Waals surface area (Å²) in [5.74, 6) is 1.10. The van der Waals surface area contributed by atoms with Gasteiger partial charge in [0.15, 0.2) is 17.3 Å². The van der Waals surface area contributed by atoms with Crippen molar-refractivity contribution in [2.24, 2.45) is 5.41 Å². The van der Waals surface area contributed by atoms with E-state index < -0.39 is 0 Å². The van der Waals surface area contributed by atoms with Gasteiger partial charge in [-0.2, -0.15) is 0 Å². The fourth-order valence-electron chi connectivity index (χ4n) is 4.22. The summed E-state index contributed by atoms with van der Waals surface area (Å²) in [6, 6.07) is 5.62. The quantitative estimate of drug-likeness (QED) is 0.813. The molecule has 1 heterocycles. The smallest absolute Gasteiger partial charge is 0.242 e. The van der Waals surface area contributed by atoms with Crippen molar-refractivity contribution in [3.8, 4) is 11.5 Å². The van der Waals surface area contributed by atoms with Crippen LogP contribution in [0.3, 0.4) is 0 Å². The Hall–Kier alpha value is -2.34. The number of hydrogen-bond donors (Lipinski definition) is 0. The van der Waals surface area contributed by atoms with Crippen molar-refractivity contribution in [3.63, 3.8) is 0 Å². The predicted octanol–water partition coefficient (Wildman–Crippen LogP) is 3.14. The van der Waals surface area contributed by atoms with Gasteiger partial charge in [0.1, 0.15) is 0 Å². The molecule has 0 bridgehead atoms. The first kappa shape index (κ1) is 19.4. The van der Waals surface area contributed by atoms with Crippen molar-refractivity contribution in [2.45, 2.75) is 39.0 Å². The van der Waals surface area contributed by atoms with Gasteiger partial charge in [-0.3, -0.25) is 9.59 Å². The summed E-state index contributed by atoms with van der Waals surface area (Å²) in [4.78, 5) is 26.1. The number of carbonyl (C=O) groups excluding carboxylic acids is 2. The Balaban J connectivity index is 2.15. The third kappa shape index (κ3) is 3.46. The Labute approximate surface area is 160 Å². The average molecular weight is 372 g/mol. The molecule has 0 radical (unpaired) electrons. The number of benzene rings is 1. The predicted molar refractivity (Wildman–Crippen MR) is 102 cm³/mol. The van der Waals surface area contributed by atoms with Crippen molar-refractivity contribution >= 4 is 11.7 Å². The molecule has 0 saturated carbocycles. The van der Waals surface area contributed by atoms with Crippen LogP contribution in [0.2, 0.25) is 0 Å². The molecule has 0 N–H and O–H groups in total. The van der Waals surface area contributed by atoms with Crippen LogP contribution >= 0.6 is 0 Å². The standard InChI is InChI=1S/C21H28N2O4/c1-21(2)11-15-20(16(24)12-21)14(10-19(25)23(15)22(3)4)13-7-8-17(26-5)18(9-13)27-6/h7-9,14H,10-12H2,1-6H3. The zero-order valence-electron chi connectivity index (χ0n) is 17.0. The lowest BCUT2D eigenvalue weighted by Gasteiger charge is -2.44. The minimum atomic E-state index is -0.257. The van der Waals surface area contributed by atoms with Crippen LogP contribution in [0.15, 0.2) is 29.5 Å². The molecule has 1 aliphatic carbocycles. The van der Waals surface area contributed by atoms with Gasteiger partial charge in [0.25, 0.3) is 0 Å². The summed E-state index contributed by atoms with van der Waals surface area (Å²) >= 11 is 0. The van der Waals surface area contributed by atoms with Gasteiger partial charge in [-0.25, -0.2) is 10.0 Å². The van der Waals surface area contributed by atoms with Crippen LogP contribution in [0.25, 0.3) is 0 Å². The van der Waals surface area contributed by atoms with E-state index >= 15 is 0 Å².